The molecule has 0 radical (unpaired) electrons. The summed E-state index contributed by atoms with van der Waals surface area (Å²) >= 11 is 0. The Bertz CT molecular complexity index is 472. The van der Waals surface area contributed by atoms with Crippen LogP contribution in [0.1, 0.15) is 17.3 Å². The van der Waals surface area contributed by atoms with Gasteiger partial charge in [-0.25, -0.2) is 0 Å². The van der Waals surface area contributed by atoms with Gasteiger partial charge in [-0.1, -0.05) is 0 Å². The van der Waals surface area contributed by atoms with E-state index in [1.54, 1.807) is 6.92 Å². The first-order valence-corrected chi connectivity index (χ1v) is 5.46. The molecule has 0 spiro atoms. The molecule has 8 heteroatoms. The number of nitro groups is 1. The Hall–Kier alpha value is -2.48. The van der Waals surface area contributed by atoms with E-state index in [-0.39, 0.29) is 17.9 Å². The van der Waals surface area contributed by atoms with E-state index in [1.165, 1.54) is 24.3 Å². The number of nitro benzene ring substituents is 1. The fourth-order valence-electron chi connectivity index (χ4n) is 1.16. The average Bonchev–Trinajstić information content (AvgIpc) is 2.42. The van der Waals surface area contributed by atoms with Gasteiger partial charge in [0.05, 0.1) is 4.92 Å². The number of carbonyl (C=O) groups is 2. The largest absolute Gasteiger partial charge is 0.372 e. The van der Waals surface area contributed by atoms with Crippen molar-refractivity contribution in [3.8, 4) is 0 Å². The topological polar surface area (TPSA) is 111 Å². The van der Waals surface area contributed by atoms with Gasteiger partial charge in [-0.2, -0.15) is 0 Å². The third-order valence-electron chi connectivity index (χ3n) is 2.09. The van der Waals surface area contributed by atoms with Crippen molar-refractivity contribution in [3.05, 3.63) is 39.9 Å². The zero-order chi connectivity index (χ0) is 14.3. The van der Waals surface area contributed by atoms with E-state index >= 15 is 0 Å². The molecule has 0 saturated heterocycles. The first kappa shape index (κ1) is 14.6. The Balaban J connectivity index is 2.49. The molecule has 2 amide bonds. The lowest BCUT2D eigenvalue weighted by Gasteiger charge is -2.07. The third kappa shape index (κ3) is 4.72. The molecule has 1 rings (SSSR count). The molecule has 0 aliphatic carbocycles. The van der Waals surface area contributed by atoms with Crippen molar-refractivity contribution >= 4 is 17.5 Å². The van der Waals surface area contributed by atoms with Crippen molar-refractivity contribution in [1.29, 1.82) is 0 Å². The molecule has 1 aromatic carbocycles. The Labute approximate surface area is 108 Å². The van der Waals surface area contributed by atoms with Gasteiger partial charge in [-0.3, -0.25) is 30.6 Å². The van der Waals surface area contributed by atoms with Gasteiger partial charge in [0.25, 0.3) is 17.5 Å². The van der Waals surface area contributed by atoms with Gasteiger partial charge in [0.2, 0.25) is 0 Å². The summed E-state index contributed by atoms with van der Waals surface area (Å²) in [5.74, 6) is -1.06. The van der Waals surface area contributed by atoms with Crippen molar-refractivity contribution in [3.63, 3.8) is 0 Å². The van der Waals surface area contributed by atoms with E-state index in [0.29, 0.717) is 6.61 Å². The van der Waals surface area contributed by atoms with Gasteiger partial charge in [-0.15, -0.1) is 0 Å². The first-order valence-electron chi connectivity index (χ1n) is 5.46. The zero-order valence-corrected chi connectivity index (χ0v) is 10.2. The summed E-state index contributed by atoms with van der Waals surface area (Å²) in [4.78, 5) is 32.6. The summed E-state index contributed by atoms with van der Waals surface area (Å²) in [6.45, 7) is 1.98. The smallest absolute Gasteiger partial charge is 0.269 e. The molecule has 0 aliphatic heterocycles. The highest BCUT2D eigenvalue weighted by Crippen LogP contribution is 2.11. The predicted octanol–water partition coefficient (Wildman–Crippen LogP) is 0.392. The second-order valence-electron chi connectivity index (χ2n) is 3.44. The van der Waals surface area contributed by atoms with E-state index in [2.05, 4.69) is 10.9 Å². The number of benzene rings is 1. The van der Waals surface area contributed by atoms with Crippen molar-refractivity contribution in [1.82, 2.24) is 10.9 Å². The number of rotatable bonds is 5. The van der Waals surface area contributed by atoms with E-state index in [0.717, 1.165) is 0 Å². The molecule has 8 nitrogen and oxygen atoms in total. The summed E-state index contributed by atoms with van der Waals surface area (Å²) in [6.07, 6.45) is 0. The Kier molecular flexibility index (Phi) is 5.42. The molecule has 2 N–H and O–H groups in total. The van der Waals surface area contributed by atoms with Crippen LogP contribution in [-0.2, 0) is 9.53 Å². The normalized spacial score (nSPS) is 9.74. The molecule has 0 unspecified atom stereocenters. The molecule has 1 aromatic rings. The molecule has 0 aromatic heterocycles. The van der Waals surface area contributed by atoms with Gasteiger partial charge in [0, 0.05) is 24.3 Å². The maximum absolute atomic E-state index is 11.6. The van der Waals surface area contributed by atoms with Crippen LogP contribution in [0.25, 0.3) is 0 Å². The number of hydrogen-bond donors (Lipinski definition) is 2. The lowest BCUT2D eigenvalue weighted by Crippen LogP contribution is -2.43. The Morgan fingerprint density at radius 3 is 2.42 bits per heavy atom. The molecule has 0 heterocycles. The van der Waals surface area contributed by atoms with E-state index in [1.807, 2.05) is 0 Å². The molecular formula is C11H13N3O5. The number of nitrogens with one attached hydrogen (secondary N) is 2. The zero-order valence-electron chi connectivity index (χ0n) is 10.2. The van der Waals surface area contributed by atoms with Crippen LogP contribution in [-0.4, -0.2) is 30.0 Å². The molecular weight excluding hydrogens is 254 g/mol. The number of ether oxygens (including phenoxy) is 1. The molecule has 0 bridgehead atoms. The highest BCUT2D eigenvalue weighted by Gasteiger charge is 2.10. The van der Waals surface area contributed by atoms with Crippen molar-refractivity contribution in [2.45, 2.75) is 6.92 Å². The van der Waals surface area contributed by atoms with Gasteiger partial charge >= 0.3 is 0 Å². The van der Waals surface area contributed by atoms with E-state index in [9.17, 15) is 19.7 Å². The number of amides is 2. The SMILES string of the molecule is CCOCC(=O)NNC(=O)c1ccc([N+](=O)[O-])cc1. The summed E-state index contributed by atoms with van der Waals surface area (Å²) in [5, 5.41) is 10.4. The minimum absolute atomic E-state index is 0.114. The molecule has 0 aliphatic rings. The molecule has 102 valence electrons. The third-order valence-corrected chi connectivity index (χ3v) is 2.09. The van der Waals surface area contributed by atoms with Gasteiger partial charge in [-0.05, 0) is 19.1 Å². The summed E-state index contributed by atoms with van der Waals surface area (Å²) < 4.78 is 4.84. The lowest BCUT2D eigenvalue weighted by atomic mass is 10.2. The minimum atomic E-state index is -0.570. The minimum Gasteiger partial charge on any atom is -0.372 e. The second kappa shape index (κ2) is 7.07. The average molecular weight is 267 g/mol. The number of non-ortho nitro benzene ring substituents is 1. The fourth-order valence-corrected chi connectivity index (χ4v) is 1.16. The quantitative estimate of drug-likeness (QED) is 0.592. The van der Waals surface area contributed by atoms with Gasteiger partial charge in [0.1, 0.15) is 6.61 Å². The van der Waals surface area contributed by atoms with Crippen LogP contribution in [0.5, 0.6) is 0 Å². The lowest BCUT2D eigenvalue weighted by molar-refractivity contribution is -0.384. The van der Waals surface area contributed by atoms with Crippen molar-refractivity contribution in [2.24, 2.45) is 0 Å². The maximum atomic E-state index is 11.6. The Morgan fingerprint density at radius 2 is 1.89 bits per heavy atom. The van der Waals surface area contributed by atoms with Gasteiger partial charge in [0.15, 0.2) is 0 Å². The number of hydrazine groups is 1. The van der Waals surface area contributed by atoms with Gasteiger partial charge < -0.3 is 4.74 Å². The van der Waals surface area contributed by atoms with Crippen LogP contribution in [0, 0.1) is 10.1 Å². The number of nitrogens with zero attached hydrogens (tertiary/aromatic N) is 1. The van der Waals surface area contributed by atoms with Crippen LogP contribution in [0.4, 0.5) is 5.69 Å². The molecule has 0 saturated carbocycles. The number of carbonyl (C=O) groups excluding carboxylic acids is 2. The molecule has 19 heavy (non-hydrogen) atoms. The Morgan fingerprint density at radius 1 is 1.26 bits per heavy atom. The monoisotopic (exact) mass is 267 g/mol. The van der Waals surface area contributed by atoms with Crippen LogP contribution >= 0.6 is 0 Å². The summed E-state index contributed by atoms with van der Waals surface area (Å²) in [5.41, 5.74) is 4.41. The van der Waals surface area contributed by atoms with E-state index in [4.69, 9.17) is 4.74 Å². The van der Waals surface area contributed by atoms with Crippen LogP contribution < -0.4 is 10.9 Å². The fraction of sp³-hybridized carbons (Fsp3) is 0.273. The summed E-state index contributed by atoms with van der Waals surface area (Å²) in [6, 6.07) is 5.00. The highest BCUT2D eigenvalue weighted by atomic mass is 16.6. The van der Waals surface area contributed by atoms with Crippen molar-refractivity contribution in [2.75, 3.05) is 13.2 Å². The first-order chi connectivity index (χ1) is 9.04. The summed E-state index contributed by atoms with van der Waals surface area (Å²) in [7, 11) is 0. The van der Waals surface area contributed by atoms with Crippen molar-refractivity contribution < 1.29 is 19.2 Å². The van der Waals surface area contributed by atoms with Crippen LogP contribution in [0.3, 0.4) is 0 Å². The second-order valence-corrected chi connectivity index (χ2v) is 3.44. The predicted molar refractivity (Wildman–Crippen MR) is 65.2 cm³/mol. The molecule has 0 atom stereocenters. The standard InChI is InChI=1S/C11H13N3O5/c1-2-19-7-10(15)12-13-11(16)8-3-5-9(6-4-8)14(17)18/h3-6H,2,7H2,1H3,(H,12,15)(H,13,16). The number of hydrogen-bond acceptors (Lipinski definition) is 5. The highest BCUT2D eigenvalue weighted by molar-refractivity contribution is 5.95. The molecule has 0 fully saturated rings. The van der Waals surface area contributed by atoms with E-state index < -0.39 is 16.7 Å². The van der Waals surface area contributed by atoms with Crippen LogP contribution in [0.15, 0.2) is 24.3 Å². The maximum Gasteiger partial charge on any atom is 0.269 e. The van der Waals surface area contributed by atoms with Crippen LogP contribution in [0.2, 0.25) is 0 Å².